The number of aromatic nitrogens is 2. The van der Waals surface area contributed by atoms with Crippen LogP contribution in [0.3, 0.4) is 0 Å². The van der Waals surface area contributed by atoms with Gasteiger partial charge >= 0.3 is 0 Å². The van der Waals surface area contributed by atoms with Gasteiger partial charge in [0.05, 0.1) is 17.6 Å². The second-order valence-corrected chi connectivity index (χ2v) is 6.61. The quantitative estimate of drug-likeness (QED) is 0.900. The van der Waals surface area contributed by atoms with Crippen molar-refractivity contribution in [3.05, 3.63) is 18.2 Å². The summed E-state index contributed by atoms with van der Waals surface area (Å²) in [4.78, 5) is 4.31. The van der Waals surface area contributed by atoms with Gasteiger partial charge in [-0.3, -0.25) is 0 Å². The molecule has 1 heterocycles. The molecule has 2 N–H and O–H groups in total. The van der Waals surface area contributed by atoms with Crippen LogP contribution in [0.2, 0.25) is 0 Å². The number of nitrogens with zero attached hydrogens (tertiary/aromatic N) is 2. The molecule has 0 radical (unpaired) electrons. The summed E-state index contributed by atoms with van der Waals surface area (Å²) in [5.41, 5.74) is 7.08. The highest BCUT2D eigenvalue weighted by Crippen LogP contribution is 2.37. The van der Waals surface area contributed by atoms with Crippen LogP contribution in [-0.4, -0.2) is 21.1 Å². The summed E-state index contributed by atoms with van der Waals surface area (Å²) in [5, 5.41) is 0.707. The lowest BCUT2D eigenvalue weighted by atomic mass is 9.93. The van der Waals surface area contributed by atoms with Gasteiger partial charge in [0.1, 0.15) is 0 Å². The van der Waals surface area contributed by atoms with Gasteiger partial charge in [-0.2, -0.15) is 11.8 Å². The normalized spacial score (nSPS) is 26.1. The second-order valence-electron chi connectivity index (χ2n) is 5.53. The Bertz CT molecular complexity index is 367. The highest BCUT2D eigenvalue weighted by molar-refractivity contribution is 7.99. The molecule has 2 atom stereocenters. The minimum absolute atomic E-state index is 0.309. The molecule has 0 bridgehead atoms. The van der Waals surface area contributed by atoms with E-state index < -0.39 is 0 Å². The van der Waals surface area contributed by atoms with E-state index in [9.17, 15) is 0 Å². The molecule has 0 aromatic carbocycles. The Balaban J connectivity index is 2.29. The van der Waals surface area contributed by atoms with Gasteiger partial charge in [-0.1, -0.05) is 12.8 Å². The molecule has 1 aromatic heterocycles. The Kier molecular flexibility index (Phi) is 3.83. The van der Waals surface area contributed by atoms with Crippen molar-refractivity contribution in [2.45, 2.75) is 56.4 Å². The Morgan fingerprint density at radius 1 is 1.41 bits per heavy atom. The molecule has 96 valence electrons. The lowest BCUT2D eigenvalue weighted by molar-refractivity contribution is 0.341. The van der Waals surface area contributed by atoms with Crippen molar-refractivity contribution < 1.29 is 0 Å². The standard InChI is InChI=1S/C13H23N3S/c1-13(2,14)12-8-15-9-16(12)10-6-4-5-7-11(10)17-3/h8-11H,4-7,14H2,1-3H3. The SMILES string of the molecule is CSC1CCCCC1n1cncc1C(C)(C)N. The molecule has 0 spiro atoms. The first-order valence-electron chi connectivity index (χ1n) is 6.38. The zero-order valence-electron chi connectivity index (χ0n) is 11.0. The average Bonchev–Trinajstić information content (AvgIpc) is 2.77. The van der Waals surface area contributed by atoms with E-state index in [4.69, 9.17) is 5.73 Å². The van der Waals surface area contributed by atoms with Gasteiger partial charge in [-0.05, 0) is 32.9 Å². The molecular formula is C13H23N3S. The summed E-state index contributed by atoms with van der Waals surface area (Å²) in [5.74, 6) is 0. The van der Waals surface area contributed by atoms with Crippen molar-refractivity contribution in [1.29, 1.82) is 0 Å². The molecule has 1 aromatic rings. The summed E-state index contributed by atoms with van der Waals surface area (Å²) in [6, 6.07) is 0.569. The zero-order valence-corrected chi connectivity index (χ0v) is 11.8. The van der Waals surface area contributed by atoms with Crippen LogP contribution in [-0.2, 0) is 5.54 Å². The number of imidazole rings is 1. The summed E-state index contributed by atoms with van der Waals surface area (Å²) in [6.07, 6.45) is 11.4. The van der Waals surface area contributed by atoms with E-state index in [1.54, 1.807) is 0 Å². The highest BCUT2D eigenvalue weighted by Gasteiger charge is 2.29. The van der Waals surface area contributed by atoms with Gasteiger partial charge in [0, 0.05) is 17.5 Å². The first-order chi connectivity index (χ1) is 8.04. The third-order valence-electron chi connectivity index (χ3n) is 3.65. The molecule has 1 fully saturated rings. The molecule has 2 unspecified atom stereocenters. The summed E-state index contributed by atoms with van der Waals surface area (Å²) < 4.78 is 2.32. The molecule has 17 heavy (non-hydrogen) atoms. The fraction of sp³-hybridized carbons (Fsp3) is 0.769. The first-order valence-corrected chi connectivity index (χ1v) is 7.67. The molecule has 4 heteroatoms. The largest absolute Gasteiger partial charge is 0.329 e. The monoisotopic (exact) mass is 253 g/mol. The molecule has 2 rings (SSSR count). The van der Waals surface area contributed by atoms with E-state index in [0.29, 0.717) is 11.3 Å². The Morgan fingerprint density at radius 3 is 2.76 bits per heavy atom. The maximum atomic E-state index is 6.23. The lowest BCUT2D eigenvalue weighted by Crippen LogP contribution is -2.35. The summed E-state index contributed by atoms with van der Waals surface area (Å²) >= 11 is 1.98. The molecule has 0 amide bonds. The van der Waals surface area contributed by atoms with Crippen molar-refractivity contribution in [3.63, 3.8) is 0 Å². The van der Waals surface area contributed by atoms with Gasteiger partial charge in [0.15, 0.2) is 0 Å². The number of thioether (sulfide) groups is 1. The van der Waals surface area contributed by atoms with Crippen molar-refractivity contribution in [1.82, 2.24) is 9.55 Å². The number of nitrogens with two attached hydrogens (primary N) is 1. The van der Waals surface area contributed by atoms with E-state index in [1.165, 1.54) is 25.7 Å². The maximum absolute atomic E-state index is 6.23. The van der Waals surface area contributed by atoms with Crippen LogP contribution in [0.15, 0.2) is 12.5 Å². The van der Waals surface area contributed by atoms with Crippen molar-refractivity contribution in [2.24, 2.45) is 5.73 Å². The third kappa shape index (κ3) is 2.68. The molecular weight excluding hydrogens is 230 g/mol. The predicted molar refractivity (Wildman–Crippen MR) is 74.2 cm³/mol. The van der Waals surface area contributed by atoms with Crippen molar-refractivity contribution in [2.75, 3.05) is 6.26 Å². The van der Waals surface area contributed by atoms with Crippen LogP contribution >= 0.6 is 11.8 Å². The van der Waals surface area contributed by atoms with Gasteiger partial charge in [-0.15, -0.1) is 0 Å². The maximum Gasteiger partial charge on any atom is 0.0951 e. The predicted octanol–water partition coefficient (Wildman–Crippen LogP) is 2.92. The summed E-state index contributed by atoms with van der Waals surface area (Å²) in [6.45, 7) is 4.11. The average molecular weight is 253 g/mol. The molecule has 0 saturated heterocycles. The van der Waals surface area contributed by atoms with Gasteiger partial charge in [0.25, 0.3) is 0 Å². The van der Waals surface area contributed by atoms with Crippen LogP contribution in [0.1, 0.15) is 51.3 Å². The number of hydrogen-bond acceptors (Lipinski definition) is 3. The van der Waals surface area contributed by atoms with Crippen LogP contribution in [0.5, 0.6) is 0 Å². The number of hydrogen-bond donors (Lipinski definition) is 1. The van der Waals surface area contributed by atoms with Crippen molar-refractivity contribution >= 4 is 11.8 Å². The van der Waals surface area contributed by atoms with Gasteiger partial charge in [0.2, 0.25) is 0 Å². The van der Waals surface area contributed by atoms with Crippen LogP contribution in [0.4, 0.5) is 0 Å². The van der Waals surface area contributed by atoms with E-state index in [-0.39, 0.29) is 5.54 Å². The first kappa shape index (κ1) is 13.0. The Hall–Kier alpha value is -0.480. The van der Waals surface area contributed by atoms with E-state index in [2.05, 4.69) is 29.7 Å². The topological polar surface area (TPSA) is 43.8 Å². The van der Waals surface area contributed by atoms with E-state index >= 15 is 0 Å². The second kappa shape index (κ2) is 5.02. The van der Waals surface area contributed by atoms with Gasteiger partial charge < -0.3 is 10.3 Å². The fourth-order valence-electron chi connectivity index (χ4n) is 2.74. The molecule has 1 saturated carbocycles. The Morgan fingerprint density at radius 2 is 2.12 bits per heavy atom. The fourth-order valence-corrected chi connectivity index (χ4v) is 3.72. The van der Waals surface area contributed by atoms with E-state index in [1.807, 2.05) is 24.3 Å². The Labute approximate surface area is 108 Å². The van der Waals surface area contributed by atoms with Crippen LogP contribution in [0.25, 0.3) is 0 Å². The minimum atomic E-state index is -0.309. The number of rotatable bonds is 3. The van der Waals surface area contributed by atoms with Crippen LogP contribution in [0, 0.1) is 0 Å². The van der Waals surface area contributed by atoms with Crippen LogP contribution < -0.4 is 5.73 Å². The molecule has 1 aliphatic rings. The zero-order chi connectivity index (χ0) is 12.5. The lowest BCUT2D eigenvalue weighted by Gasteiger charge is -2.34. The van der Waals surface area contributed by atoms with E-state index in [0.717, 1.165) is 5.69 Å². The highest BCUT2D eigenvalue weighted by atomic mass is 32.2. The molecule has 0 aliphatic heterocycles. The van der Waals surface area contributed by atoms with Crippen molar-refractivity contribution in [3.8, 4) is 0 Å². The molecule has 1 aliphatic carbocycles. The molecule has 3 nitrogen and oxygen atoms in total. The smallest absolute Gasteiger partial charge is 0.0951 e. The third-order valence-corrected chi connectivity index (χ3v) is 4.81. The summed E-state index contributed by atoms with van der Waals surface area (Å²) in [7, 11) is 0. The minimum Gasteiger partial charge on any atom is -0.329 e. The van der Waals surface area contributed by atoms with Gasteiger partial charge in [-0.25, -0.2) is 4.98 Å².